The van der Waals surface area contributed by atoms with Crippen LogP contribution in [0.4, 0.5) is 5.69 Å². The van der Waals surface area contributed by atoms with Crippen LogP contribution in [0.25, 0.3) is 0 Å². The maximum Gasteiger partial charge on any atom is 0.294 e. The van der Waals surface area contributed by atoms with Crippen LogP contribution < -0.4 is 5.32 Å². The van der Waals surface area contributed by atoms with Gasteiger partial charge in [-0.2, -0.15) is 8.42 Å². The number of anilines is 1. The molecule has 2 N–H and O–H groups in total. The number of benzene rings is 1. The SMILES string of the molecule is CC(=O)Nc1ccc(S(=O)(=O)O)cc1. The Morgan fingerprint density at radius 3 is 2.14 bits per heavy atom. The van der Waals surface area contributed by atoms with Crippen LogP contribution in [-0.4, -0.2) is 18.9 Å². The van der Waals surface area contributed by atoms with Gasteiger partial charge in [0, 0.05) is 12.6 Å². The molecule has 0 fully saturated rings. The van der Waals surface area contributed by atoms with Gasteiger partial charge in [-0.25, -0.2) is 0 Å². The fraction of sp³-hybridized carbons (Fsp3) is 0.125. The number of rotatable bonds is 2. The van der Waals surface area contributed by atoms with Crippen molar-refractivity contribution < 1.29 is 17.8 Å². The zero-order chi connectivity index (χ0) is 10.8. The van der Waals surface area contributed by atoms with Crippen LogP contribution in [0.3, 0.4) is 0 Å². The molecule has 76 valence electrons. The van der Waals surface area contributed by atoms with E-state index in [1.165, 1.54) is 31.2 Å². The van der Waals surface area contributed by atoms with Crippen molar-refractivity contribution in [2.24, 2.45) is 0 Å². The molecule has 0 unspecified atom stereocenters. The van der Waals surface area contributed by atoms with E-state index in [1.807, 2.05) is 0 Å². The van der Waals surface area contributed by atoms with Gasteiger partial charge in [-0.15, -0.1) is 0 Å². The molecule has 0 aliphatic heterocycles. The molecule has 1 rings (SSSR count). The molecule has 0 spiro atoms. The van der Waals surface area contributed by atoms with Crippen molar-refractivity contribution in [3.05, 3.63) is 24.3 Å². The molecule has 1 aromatic carbocycles. The van der Waals surface area contributed by atoms with Crippen molar-refractivity contribution in [2.45, 2.75) is 11.8 Å². The highest BCUT2D eigenvalue weighted by Gasteiger charge is 2.08. The Labute approximate surface area is 81.5 Å². The molecule has 1 aromatic rings. The fourth-order valence-corrected chi connectivity index (χ4v) is 1.39. The lowest BCUT2D eigenvalue weighted by atomic mass is 10.3. The van der Waals surface area contributed by atoms with Gasteiger partial charge >= 0.3 is 0 Å². The van der Waals surface area contributed by atoms with Crippen LogP contribution in [0.5, 0.6) is 0 Å². The van der Waals surface area contributed by atoms with Crippen molar-refractivity contribution in [1.29, 1.82) is 0 Å². The van der Waals surface area contributed by atoms with Crippen LogP contribution in [0.1, 0.15) is 6.92 Å². The molecule has 0 aromatic heterocycles. The van der Waals surface area contributed by atoms with E-state index in [0.29, 0.717) is 5.69 Å². The smallest absolute Gasteiger partial charge is 0.294 e. The van der Waals surface area contributed by atoms with Gasteiger partial charge in [0.25, 0.3) is 10.1 Å². The first-order valence-electron chi connectivity index (χ1n) is 3.75. The average Bonchev–Trinajstić information content (AvgIpc) is 2.02. The van der Waals surface area contributed by atoms with Crippen LogP contribution in [0.2, 0.25) is 0 Å². The number of hydrogen-bond donors (Lipinski definition) is 2. The highest BCUT2D eigenvalue weighted by molar-refractivity contribution is 7.85. The lowest BCUT2D eigenvalue weighted by Gasteiger charge is -2.01. The third-order valence-electron chi connectivity index (χ3n) is 1.47. The minimum atomic E-state index is -4.16. The monoisotopic (exact) mass is 215 g/mol. The first-order chi connectivity index (χ1) is 6.39. The maximum atomic E-state index is 10.6. The molecule has 0 heterocycles. The Morgan fingerprint density at radius 2 is 1.79 bits per heavy atom. The summed E-state index contributed by atoms with van der Waals surface area (Å²) in [5, 5.41) is 2.47. The van der Waals surface area contributed by atoms with E-state index in [0.717, 1.165) is 0 Å². The predicted octanol–water partition coefficient (Wildman–Crippen LogP) is 0.892. The molecule has 0 bridgehead atoms. The van der Waals surface area contributed by atoms with Crippen molar-refractivity contribution in [1.82, 2.24) is 0 Å². The molecule has 0 aliphatic rings. The average molecular weight is 215 g/mol. The Hall–Kier alpha value is -1.40. The van der Waals surface area contributed by atoms with Gasteiger partial charge in [0.1, 0.15) is 0 Å². The summed E-state index contributed by atoms with van der Waals surface area (Å²) in [4.78, 5) is 10.4. The molecule has 0 aliphatic carbocycles. The molecule has 0 radical (unpaired) electrons. The van der Waals surface area contributed by atoms with E-state index < -0.39 is 10.1 Å². The number of hydrogen-bond acceptors (Lipinski definition) is 3. The quantitative estimate of drug-likeness (QED) is 0.718. The highest BCUT2D eigenvalue weighted by Crippen LogP contribution is 2.13. The van der Waals surface area contributed by atoms with Gasteiger partial charge in [-0.05, 0) is 24.3 Å². The number of carbonyl (C=O) groups is 1. The van der Waals surface area contributed by atoms with Gasteiger partial charge in [0.05, 0.1) is 4.90 Å². The summed E-state index contributed by atoms with van der Waals surface area (Å²) in [7, 11) is -4.16. The van der Waals surface area contributed by atoms with E-state index in [2.05, 4.69) is 5.32 Å². The maximum absolute atomic E-state index is 10.6. The molecular formula is C8H9NO4S. The Bertz CT molecular complexity index is 435. The third kappa shape index (κ3) is 2.82. The van der Waals surface area contributed by atoms with Crippen molar-refractivity contribution in [3.63, 3.8) is 0 Å². The van der Waals surface area contributed by atoms with Crippen molar-refractivity contribution in [3.8, 4) is 0 Å². The summed E-state index contributed by atoms with van der Waals surface area (Å²) in [5.74, 6) is -0.246. The summed E-state index contributed by atoms with van der Waals surface area (Å²) in [6.45, 7) is 1.34. The number of nitrogens with one attached hydrogen (secondary N) is 1. The Morgan fingerprint density at radius 1 is 1.29 bits per heavy atom. The lowest BCUT2D eigenvalue weighted by molar-refractivity contribution is -0.114. The van der Waals surface area contributed by atoms with Gasteiger partial charge in [0.15, 0.2) is 0 Å². The second-order valence-electron chi connectivity index (χ2n) is 2.68. The first-order valence-corrected chi connectivity index (χ1v) is 5.19. The number of amides is 1. The van der Waals surface area contributed by atoms with Crippen LogP contribution in [0.15, 0.2) is 29.2 Å². The Balaban J connectivity index is 2.95. The second-order valence-corrected chi connectivity index (χ2v) is 4.10. The van der Waals surface area contributed by atoms with Gasteiger partial charge in [-0.3, -0.25) is 9.35 Å². The van der Waals surface area contributed by atoms with Gasteiger partial charge in [-0.1, -0.05) is 0 Å². The highest BCUT2D eigenvalue weighted by atomic mass is 32.2. The Kier molecular flexibility index (Phi) is 2.87. The summed E-state index contributed by atoms with van der Waals surface area (Å²) < 4.78 is 29.9. The van der Waals surface area contributed by atoms with Gasteiger partial charge < -0.3 is 5.32 Å². The van der Waals surface area contributed by atoms with Crippen LogP contribution in [0, 0.1) is 0 Å². The standard InChI is InChI=1S/C8H9NO4S/c1-6(10)9-7-2-4-8(5-3-7)14(11,12)13/h2-5H,1H3,(H,9,10)(H,11,12,13). The molecule has 6 heteroatoms. The summed E-state index contributed by atoms with van der Waals surface area (Å²) >= 11 is 0. The van der Waals surface area contributed by atoms with Crippen molar-refractivity contribution >= 4 is 21.7 Å². The summed E-state index contributed by atoms with van der Waals surface area (Å²) in [6.07, 6.45) is 0. The molecule has 0 atom stereocenters. The summed E-state index contributed by atoms with van der Waals surface area (Å²) in [6, 6.07) is 5.20. The third-order valence-corrected chi connectivity index (χ3v) is 2.34. The second kappa shape index (κ2) is 3.77. The van der Waals surface area contributed by atoms with E-state index in [-0.39, 0.29) is 10.8 Å². The van der Waals surface area contributed by atoms with E-state index in [4.69, 9.17) is 4.55 Å². The van der Waals surface area contributed by atoms with E-state index in [1.54, 1.807) is 0 Å². The lowest BCUT2D eigenvalue weighted by Crippen LogP contribution is -2.06. The van der Waals surface area contributed by atoms with Crippen LogP contribution in [-0.2, 0) is 14.9 Å². The molecular weight excluding hydrogens is 206 g/mol. The normalized spacial score (nSPS) is 11.0. The number of carbonyl (C=O) groups excluding carboxylic acids is 1. The predicted molar refractivity (Wildman–Crippen MR) is 50.6 cm³/mol. The minimum Gasteiger partial charge on any atom is -0.326 e. The molecule has 0 saturated carbocycles. The minimum absolute atomic E-state index is 0.202. The molecule has 5 nitrogen and oxygen atoms in total. The van der Waals surface area contributed by atoms with Crippen molar-refractivity contribution in [2.75, 3.05) is 5.32 Å². The van der Waals surface area contributed by atoms with E-state index in [9.17, 15) is 13.2 Å². The first kappa shape index (κ1) is 10.7. The zero-order valence-corrected chi connectivity index (χ0v) is 8.21. The molecule has 0 saturated heterocycles. The molecule has 14 heavy (non-hydrogen) atoms. The van der Waals surface area contributed by atoms with Crippen LogP contribution >= 0.6 is 0 Å². The topological polar surface area (TPSA) is 83.5 Å². The van der Waals surface area contributed by atoms with Gasteiger partial charge in [0.2, 0.25) is 5.91 Å². The van der Waals surface area contributed by atoms with E-state index >= 15 is 0 Å². The largest absolute Gasteiger partial charge is 0.326 e. The fourth-order valence-electron chi connectivity index (χ4n) is 0.914. The molecule has 1 amide bonds. The summed E-state index contributed by atoms with van der Waals surface area (Å²) in [5.41, 5.74) is 0.477. The zero-order valence-electron chi connectivity index (χ0n) is 7.39.